The maximum absolute atomic E-state index is 12.2. The number of carbonyl (C=O) groups is 2. The average molecular weight is 403 g/mol. The van der Waals surface area contributed by atoms with Crippen molar-refractivity contribution in [3.8, 4) is 11.5 Å². The van der Waals surface area contributed by atoms with Crippen molar-refractivity contribution in [3.63, 3.8) is 0 Å². The number of hydrogen-bond donors (Lipinski definition) is 1. The molecule has 0 aliphatic heterocycles. The second-order valence-electron chi connectivity index (χ2n) is 6.45. The predicted molar refractivity (Wildman–Crippen MR) is 114 cm³/mol. The highest BCUT2D eigenvalue weighted by Crippen LogP contribution is 2.31. The van der Waals surface area contributed by atoms with Crippen molar-refractivity contribution in [3.05, 3.63) is 53.1 Å². The first-order chi connectivity index (χ1) is 13.3. The Kier molecular flexibility index (Phi) is 7.75. The molecule has 0 bridgehead atoms. The van der Waals surface area contributed by atoms with Crippen molar-refractivity contribution in [1.29, 1.82) is 0 Å². The van der Waals surface area contributed by atoms with Gasteiger partial charge in [0, 0.05) is 31.1 Å². The lowest BCUT2D eigenvalue weighted by molar-refractivity contribution is -0.113. The molecule has 6 nitrogen and oxygen atoms in total. The first-order valence-corrected chi connectivity index (χ1v) is 9.92. The summed E-state index contributed by atoms with van der Waals surface area (Å²) < 4.78 is 10.6. The van der Waals surface area contributed by atoms with E-state index < -0.39 is 0 Å². The van der Waals surface area contributed by atoms with Crippen LogP contribution in [0.25, 0.3) is 0 Å². The minimum absolute atomic E-state index is 0.0706. The molecule has 2 aromatic carbocycles. The molecule has 0 spiro atoms. The summed E-state index contributed by atoms with van der Waals surface area (Å²) >= 11 is 1.52. The summed E-state index contributed by atoms with van der Waals surface area (Å²) in [5.41, 5.74) is 3.44. The van der Waals surface area contributed by atoms with E-state index in [1.807, 2.05) is 19.1 Å². The van der Waals surface area contributed by atoms with Gasteiger partial charge in [-0.15, -0.1) is 11.8 Å². The van der Waals surface area contributed by atoms with Gasteiger partial charge in [0.2, 0.25) is 5.91 Å². The van der Waals surface area contributed by atoms with Gasteiger partial charge in [0.1, 0.15) is 0 Å². The normalized spacial score (nSPS) is 10.3. The lowest BCUT2D eigenvalue weighted by atomic mass is 10.1. The Morgan fingerprint density at radius 1 is 1.04 bits per heavy atom. The molecule has 0 heterocycles. The van der Waals surface area contributed by atoms with E-state index in [2.05, 4.69) is 5.32 Å². The zero-order valence-electron chi connectivity index (χ0n) is 16.9. The molecule has 0 fully saturated rings. The summed E-state index contributed by atoms with van der Waals surface area (Å²) in [6.45, 7) is 2.01. The van der Waals surface area contributed by atoms with Gasteiger partial charge >= 0.3 is 0 Å². The number of ether oxygens (including phenoxy) is 2. The first-order valence-electron chi connectivity index (χ1n) is 8.76. The number of thioether (sulfide) groups is 1. The second-order valence-corrected chi connectivity index (χ2v) is 7.44. The molecule has 0 aromatic heterocycles. The standard InChI is InChI=1S/C21H26N2O4S/c1-14-10-18(26-4)19(27-5)11-16(14)12-28-13-20(24)22-17-8-6-15(7-9-17)21(25)23(2)3/h6-11H,12-13H2,1-5H3,(H,22,24). The van der Waals surface area contributed by atoms with E-state index in [1.165, 1.54) is 16.7 Å². The van der Waals surface area contributed by atoms with Gasteiger partial charge < -0.3 is 19.7 Å². The third-order valence-electron chi connectivity index (χ3n) is 4.15. The van der Waals surface area contributed by atoms with Gasteiger partial charge in [-0.25, -0.2) is 0 Å². The van der Waals surface area contributed by atoms with E-state index in [-0.39, 0.29) is 11.8 Å². The first kappa shape index (κ1) is 21.6. The molecular weight excluding hydrogens is 376 g/mol. The number of hydrogen-bond acceptors (Lipinski definition) is 5. The molecule has 7 heteroatoms. The Morgan fingerprint density at radius 3 is 2.21 bits per heavy atom. The number of rotatable bonds is 8. The van der Waals surface area contributed by atoms with Crippen LogP contribution in [0, 0.1) is 6.92 Å². The zero-order chi connectivity index (χ0) is 20.7. The number of carbonyl (C=O) groups excluding carboxylic acids is 2. The van der Waals surface area contributed by atoms with E-state index in [0.717, 1.165) is 11.1 Å². The summed E-state index contributed by atoms with van der Waals surface area (Å²) in [5, 5.41) is 2.85. The van der Waals surface area contributed by atoms with E-state index >= 15 is 0 Å². The van der Waals surface area contributed by atoms with Gasteiger partial charge in [-0.1, -0.05) is 0 Å². The Bertz CT molecular complexity index is 835. The molecule has 2 amide bonds. The quantitative estimate of drug-likeness (QED) is 0.731. The van der Waals surface area contributed by atoms with Gasteiger partial charge in [-0.2, -0.15) is 0 Å². The molecule has 0 aliphatic carbocycles. The largest absolute Gasteiger partial charge is 0.493 e. The fourth-order valence-corrected chi connectivity index (χ4v) is 3.47. The van der Waals surface area contributed by atoms with Crippen LogP contribution in [0.15, 0.2) is 36.4 Å². The van der Waals surface area contributed by atoms with Crippen LogP contribution in [0.1, 0.15) is 21.5 Å². The van der Waals surface area contributed by atoms with Crippen LogP contribution in [0.2, 0.25) is 0 Å². The van der Waals surface area contributed by atoms with Crippen molar-refractivity contribution in [2.24, 2.45) is 0 Å². The average Bonchev–Trinajstić information content (AvgIpc) is 2.68. The van der Waals surface area contributed by atoms with Gasteiger partial charge in [0.25, 0.3) is 5.91 Å². The number of nitrogens with zero attached hydrogens (tertiary/aromatic N) is 1. The van der Waals surface area contributed by atoms with Gasteiger partial charge in [0.05, 0.1) is 20.0 Å². The summed E-state index contributed by atoms with van der Waals surface area (Å²) in [4.78, 5) is 25.6. The third kappa shape index (κ3) is 5.66. The van der Waals surface area contributed by atoms with Crippen LogP contribution in [-0.2, 0) is 10.5 Å². The number of aryl methyl sites for hydroxylation is 1. The smallest absolute Gasteiger partial charge is 0.253 e. The minimum Gasteiger partial charge on any atom is -0.493 e. The predicted octanol–water partition coefficient (Wildman–Crippen LogP) is 3.59. The number of amides is 2. The van der Waals surface area contributed by atoms with Crippen molar-refractivity contribution in [1.82, 2.24) is 4.90 Å². The van der Waals surface area contributed by atoms with E-state index in [9.17, 15) is 9.59 Å². The Morgan fingerprint density at radius 2 is 1.64 bits per heavy atom. The van der Waals surface area contributed by atoms with Crippen LogP contribution in [0.3, 0.4) is 0 Å². The molecular formula is C21H26N2O4S. The molecule has 2 rings (SSSR count). The topological polar surface area (TPSA) is 67.9 Å². The van der Waals surface area contributed by atoms with Crippen molar-refractivity contribution in [2.45, 2.75) is 12.7 Å². The lowest BCUT2D eigenvalue weighted by Gasteiger charge is -2.13. The maximum Gasteiger partial charge on any atom is 0.253 e. The van der Waals surface area contributed by atoms with Crippen LogP contribution in [-0.4, -0.2) is 50.8 Å². The molecule has 1 N–H and O–H groups in total. The Balaban J connectivity index is 1.89. The summed E-state index contributed by atoms with van der Waals surface area (Å²) in [6, 6.07) is 10.8. The minimum atomic E-state index is -0.0881. The Labute approximate surface area is 170 Å². The molecule has 0 unspecified atom stereocenters. The van der Waals surface area contributed by atoms with Gasteiger partial charge in [0.15, 0.2) is 11.5 Å². The summed E-state index contributed by atoms with van der Waals surface area (Å²) in [7, 11) is 6.62. The molecule has 28 heavy (non-hydrogen) atoms. The second kappa shape index (κ2) is 10.0. The van der Waals surface area contributed by atoms with Gasteiger partial charge in [-0.05, 0) is 54.4 Å². The van der Waals surface area contributed by atoms with Crippen LogP contribution >= 0.6 is 11.8 Å². The fraction of sp³-hybridized carbons (Fsp3) is 0.333. The summed E-state index contributed by atoms with van der Waals surface area (Å²) in [5.74, 6) is 2.24. The zero-order valence-corrected chi connectivity index (χ0v) is 17.7. The molecule has 0 aliphatic rings. The van der Waals surface area contributed by atoms with E-state index in [4.69, 9.17) is 9.47 Å². The van der Waals surface area contributed by atoms with E-state index in [1.54, 1.807) is 52.6 Å². The lowest BCUT2D eigenvalue weighted by Crippen LogP contribution is -2.21. The Hall–Kier alpha value is -2.67. The van der Waals surface area contributed by atoms with Crippen LogP contribution < -0.4 is 14.8 Å². The molecule has 150 valence electrons. The van der Waals surface area contributed by atoms with Crippen molar-refractivity contribution >= 4 is 29.3 Å². The van der Waals surface area contributed by atoms with Crippen LogP contribution in [0.5, 0.6) is 11.5 Å². The highest BCUT2D eigenvalue weighted by atomic mass is 32.2. The highest BCUT2D eigenvalue weighted by Gasteiger charge is 2.11. The molecule has 0 saturated carbocycles. The molecule has 0 atom stereocenters. The molecule has 0 saturated heterocycles. The number of methoxy groups -OCH3 is 2. The third-order valence-corrected chi connectivity index (χ3v) is 5.14. The number of benzene rings is 2. The number of anilines is 1. The summed E-state index contributed by atoms with van der Waals surface area (Å²) in [6.07, 6.45) is 0. The van der Waals surface area contributed by atoms with Crippen molar-refractivity contribution < 1.29 is 19.1 Å². The highest BCUT2D eigenvalue weighted by molar-refractivity contribution is 7.99. The van der Waals surface area contributed by atoms with E-state index in [0.29, 0.717) is 34.3 Å². The SMILES string of the molecule is COc1cc(C)c(CSCC(=O)Nc2ccc(C(=O)N(C)C)cc2)cc1OC. The fourth-order valence-electron chi connectivity index (χ4n) is 2.58. The molecule has 2 aromatic rings. The maximum atomic E-state index is 12.2. The van der Waals surface area contributed by atoms with Gasteiger partial charge in [-0.3, -0.25) is 9.59 Å². The molecule has 0 radical (unpaired) electrons. The van der Waals surface area contributed by atoms with Crippen molar-refractivity contribution in [2.75, 3.05) is 39.4 Å². The number of nitrogens with one attached hydrogen (secondary N) is 1. The van der Waals surface area contributed by atoms with Crippen LogP contribution in [0.4, 0.5) is 5.69 Å². The monoisotopic (exact) mass is 402 g/mol.